The average Bonchev–Trinajstić information content (AvgIpc) is 2.34. The van der Waals surface area contributed by atoms with Gasteiger partial charge in [-0.05, 0) is 37.3 Å². The van der Waals surface area contributed by atoms with Crippen molar-refractivity contribution in [1.29, 1.82) is 0 Å². The van der Waals surface area contributed by atoms with Crippen molar-refractivity contribution in [1.82, 2.24) is 4.98 Å². The lowest BCUT2D eigenvalue weighted by Gasteiger charge is -2.32. The molecule has 0 amide bonds. The maximum Gasteiger partial charge on any atom is 0.0703 e. The highest BCUT2D eigenvalue weighted by atomic mass is 15.1. The van der Waals surface area contributed by atoms with Crippen molar-refractivity contribution in [3.8, 4) is 0 Å². The van der Waals surface area contributed by atoms with E-state index in [-0.39, 0.29) is 0 Å². The molecule has 0 radical (unpaired) electrons. The molecule has 18 heavy (non-hydrogen) atoms. The maximum atomic E-state index is 4.58. The van der Waals surface area contributed by atoms with E-state index in [0.29, 0.717) is 0 Å². The van der Waals surface area contributed by atoms with E-state index in [1.165, 1.54) is 33.8 Å². The van der Waals surface area contributed by atoms with E-state index in [9.17, 15) is 0 Å². The highest BCUT2D eigenvalue weighted by Gasteiger charge is 2.23. The SMILES string of the molecule is C=C(CCC)c1c(C)cnc2c1N(C)C(=C)CC2. The van der Waals surface area contributed by atoms with E-state index < -0.39 is 0 Å². The van der Waals surface area contributed by atoms with Crippen LogP contribution in [0, 0.1) is 6.92 Å². The number of aromatic nitrogens is 1. The molecule has 0 fully saturated rings. The van der Waals surface area contributed by atoms with Gasteiger partial charge in [-0.15, -0.1) is 0 Å². The van der Waals surface area contributed by atoms with Crippen LogP contribution in [0.5, 0.6) is 0 Å². The number of hydrogen-bond donors (Lipinski definition) is 0. The molecule has 0 spiro atoms. The molecule has 0 bridgehead atoms. The van der Waals surface area contributed by atoms with Crippen molar-refractivity contribution < 1.29 is 0 Å². The number of fused-ring (bicyclic) bond motifs is 1. The van der Waals surface area contributed by atoms with Gasteiger partial charge >= 0.3 is 0 Å². The van der Waals surface area contributed by atoms with E-state index >= 15 is 0 Å². The van der Waals surface area contributed by atoms with Gasteiger partial charge in [0.25, 0.3) is 0 Å². The van der Waals surface area contributed by atoms with Gasteiger partial charge in [-0.2, -0.15) is 0 Å². The second-order valence-corrected chi connectivity index (χ2v) is 5.09. The van der Waals surface area contributed by atoms with Crippen LogP contribution in [-0.4, -0.2) is 12.0 Å². The highest BCUT2D eigenvalue weighted by Crippen LogP contribution is 2.38. The zero-order valence-electron chi connectivity index (χ0n) is 11.7. The largest absolute Gasteiger partial charge is 0.347 e. The molecule has 0 atom stereocenters. The molecule has 0 aliphatic carbocycles. The molecule has 0 saturated carbocycles. The number of nitrogens with zero attached hydrogens (tertiary/aromatic N) is 2. The Kier molecular flexibility index (Phi) is 3.55. The Morgan fingerprint density at radius 3 is 2.83 bits per heavy atom. The molecule has 2 rings (SSSR count). The van der Waals surface area contributed by atoms with E-state index in [1.54, 1.807) is 0 Å². The van der Waals surface area contributed by atoms with Gasteiger partial charge in [0.1, 0.15) is 0 Å². The predicted octanol–water partition coefficient (Wildman–Crippen LogP) is 4.10. The normalized spacial score (nSPS) is 14.6. The van der Waals surface area contributed by atoms with Gasteiger partial charge in [0.05, 0.1) is 11.4 Å². The van der Waals surface area contributed by atoms with Crippen LogP contribution in [0.2, 0.25) is 0 Å². The van der Waals surface area contributed by atoms with Crippen LogP contribution < -0.4 is 4.90 Å². The summed E-state index contributed by atoms with van der Waals surface area (Å²) in [7, 11) is 2.09. The fraction of sp³-hybridized carbons (Fsp3) is 0.438. The van der Waals surface area contributed by atoms with Crippen LogP contribution in [0.25, 0.3) is 5.57 Å². The molecule has 1 aliphatic heterocycles. The molecule has 96 valence electrons. The van der Waals surface area contributed by atoms with E-state index in [4.69, 9.17) is 0 Å². The Balaban J connectivity index is 2.58. The van der Waals surface area contributed by atoms with Crippen molar-refractivity contribution in [2.24, 2.45) is 0 Å². The van der Waals surface area contributed by atoms with Crippen LogP contribution in [-0.2, 0) is 6.42 Å². The summed E-state index contributed by atoms with van der Waals surface area (Å²) >= 11 is 0. The van der Waals surface area contributed by atoms with Gasteiger partial charge in [-0.3, -0.25) is 4.98 Å². The molecule has 1 aromatic rings. The second kappa shape index (κ2) is 4.97. The Hall–Kier alpha value is -1.57. The summed E-state index contributed by atoms with van der Waals surface area (Å²) in [4.78, 5) is 6.77. The molecular formula is C16H22N2. The highest BCUT2D eigenvalue weighted by molar-refractivity contribution is 5.80. The molecule has 2 heterocycles. The monoisotopic (exact) mass is 242 g/mol. The summed E-state index contributed by atoms with van der Waals surface area (Å²) in [5.41, 5.74) is 7.29. The van der Waals surface area contributed by atoms with Crippen LogP contribution in [0.3, 0.4) is 0 Å². The Bertz CT molecular complexity index is 500. The molecule has 0 N–H and O–H groups in total. The average molecular weight is 242 g/mol. The van der Waals surface area contributed by atoms with E-state index in [2.05, 4.69) is 43.9 Å². The minimum Gasteiger partial charge on any atom is -0.347 e. The molecule has 0 unspecified atom stereocenters. The van der Waals surface area contributed by atoms with Gasteiger partial charge in [-0.25, -0.2) is 0 Å². The minimum absolute atomic E-state index is 0.991. The summed E-state index contributed by atoms with van der Waals surface area (Å²) < 4.78 is 0. The van der Waals surface area contributed by atoms with Crippen molar-refractivity contribution >= 4 is 11.3 Å². The van der Waals surface area contributed by atoms with Gasteiger partial charge in [0.15, 0.2) is 0 Å². The third kappa shape index (κ3) is 2.07. The predicted molar refractivity (Wildman–Crippen MR) is 78.8 cm³/mol. The Labute approximate surface area is 110 Å². The van der Waals surface area contributed by atoms with Gasteiger partial charge in [0, 0.05) is 24.5 Å². The van der Waals surface area contributed by atoms with Gasteiger partial charge in [0.2, 0.25) is 0 Å². The molecule has 0 aromatic carbocycles. The first-order valence-corrected chi connectivity index (χ1v) is 6.64. The maximum absolute atomic E-state index is 4.58. The zero-order chi connectivity index (χ0) is 13.3. The number of allylic oxidation sites excluding steroid dienone is 2. The third-order valence-corrected chi connectivity index (χ3v) is 3.68. The van der Waals surface area contributed by atoms with Crippen molar-refractivity contribution in [3.63, 3.8) is 0 Å². The first-order chi connectivity index (χ1) is 8.56. The summed E-state index contributed by atoms with van der Waals surface area (Å²) in [6, 6.07) is 0. The van der Waals surface area contributed by atoms with Gasteiger partial charge < -0.3 is 4.90 Å². The first-order valence-electron chi connectivity index (χ1n) is 6.64. The second-order valence-electron chi connectivity index (χ2n) is 5.09. The van der Waals surface area contributed by atoms with Crippen LogP contribution >= 0.6 is 0 Å². The van der Waals surface area contributed by atoms with Crippen LogP contribution in [0.1, 0.15) is 43.0 Å². The molecule has 1 aromatic heterocycles. The number of aryl methyl sites for hydroxylation is 2. The standard InChI is InChI=1S/C16H22N2/c1-6-7-11(2)15-12(3)10-17-14-9-8-13(4)18(5)16(14)15/h10H,2,4,6-9H2,1,3,5H3. The van der Waals surface area contributed by atoms with Crippen molar-refractivity contribution in [3.05, 3.63) is 41.9 Å². The topological polar surface area (TPSA) is 16.1 Å². The summed E-state index contributed by atoms with van der Waals surface area (Å²) in [5.74, 6) is 0. The molecular weight excluding hydrogens is 220 g/mol. The summed E-state index contributed by atoms with van der Waals surface area (Å²) in [6.45, 7) is 12.7. The third-order valence-electron chi connectivity index (χ3n) is 3.68. The van der Waals surface area contributed by atoms with E-state index in [0.717, 1.165) is 25.7 Å². The number of pyridine rings is 1. The quantitative estimate of drug-likeness (QED) is 0.793. The van der Waals surface area contributed by atoms with Crippen molar-refractivity contribution in [2.45, 2.75) is 39.5 Å². The fourth-order valence-electron chi connectivity index (χ4n) is 2.64. The van der Waals surface area contributed by atoms with Crippen LogP contribution in [0.15, 0.2) is 25.1 Å². The smallest absolute Gasteiger partial charge is 0.0703 e. The number of hydrogen-bond acceptors (Lipinski definition) is 2. The minimum atomic E-state index is 0.991. The Morgan fingerprint density at radius 2 is 2.17 bits per heavy atom. The lowest BCUT2D eigenvalue weighted by atomic mass is 9.93. The molecule has 2 heteroatoms. The number of anilines is 1. The Morgan fingerprint density at radius 1 is 1.44 bits per heavy atom. The van der Waals surface area contributed by atoms with E-state index in [1.807, 2.05) is 6.20 Å². The first kappa shape index (κ1) is 12.9. The summed E-state index contributed by atoms with van der Waals surface area (Å²) in [5, 5.41) is 0. The lowest BCUT2D eigenvalue weighted by Crippen LogP contribution is -2.24. The van der Waals surface area contributed by atoms with Crippen molar-refractivity contribution in [2.75, 3.05) is 11.9 Å². The zero-order valence-corrected chi connectivity index (χ0v) is 11.7. The van der Waals surface area contributed by atoms with Crippen LogP contribution in [0.4, 0.5) is 5.69 Å². The molecule has 2 nitrogen and oxygen atoms in total. The van der Waals surface area contributed by atoms with Gasteiger partial charge in [-0.1, -0.05) is 26.5 Å². The fourth-order valence-corrected chi connectivity index (χ4v) is 2.64. The lowest BCUT2D eigenvalue weighted by molar-refractivity contribution is 0.808. The molecule has 0 saturated heterocycles. The summed E-state index contributed by atoms with van der Waals surface area (Å²) in [6.07, 6.45) is 6.14. The molecule has 1 aliphatic rings. The number of rotatable bonds is 3.